The largest absolute Gasteiger partial charge is 0.496 e. The van der Waals surface area contributed by atoms with Crippen LogP contribution in [0.25, 0.3) is 0 Å². The second-order valence-electron chi connectivity index (χ2n) is 6.88. The van der Waals surface area contributed by atoms with Crippen molar-refractivity contribution in [2.24, 2.45) is 0 Å². The van der Waals surface area contributed by atoms with E-state index < -0.39 is 22.4 Å². The Morgan fingerprint density at radius 3 is 2.59 bits per heavy atom. The van der Waals surface area contributed by atoms with Gasteiger partial charge in [-0.15, -0.1) is 0 Å². The first-order chi connectivity index (χ1) is 12.7. The van der Waals surface area contributed by atoms with Gasteiger partial charge in [-0.05, 0) is 44.4 Å². The number of methoxy groups -OCH3 is 1. The van der Waals surface area contributed by atoms with Gasteiger partial charge in [0.15, 0.2) is 16.4 Å². The van der Waals surface area contributed by atoms with Crippen LogP contribution < -0.4 is 4.74 Å². The van der Waals surface area contributed by atoms with Gasteiger partial charge in [0.05, 0.1) is 24.2 Å². The quantitative estimate of drug-likeness (QED) is 0.654. The Kier molecular flexibility index (Phi) is 6.86. The molecular weight excluding hydrogens is 370 g/mol. The number of esters is 1. The Hall–Kier alpha value is -2.09. The highest BCUT2D eigenvalue weighted by Crippen LogP contribution is 2.22. The Bertz CT molecular complexity index is 804. The first-order valence-electron chi connectivity index (χ1n) is 9.01. The summed E-state index contributed by atoms with van der Waals surface area (Å²) >= 11 is 0. The molecule has 0 N–H and O–H groups in total. The lowest BCUT2D eigenvalue weighted by Crippen LogP contribution is -2.48. The SMILES string of the molecule is CC[C@H](C)N(C(=O)COC(=O)c1ccc(C)c(OC)c1)[C@H]1CCS(=O)(=O)C1. The van der Waals surface area contributed by atoms with Gasteiger partial charge in [0.1, 0.15) is 5.75 Å². The fourth-order valence-corrected chi connectivity index (χ4v) is 4.94. The first kappa shape index (κ1) is 21.2. The summed E-state index contributed by atoms with van der Waals surface area (Å²) in [5.41, 5.74) is 1.18. The molecule has 1 aliphatic heterocycles. The van der Waals surface area contributed by atoms with Crippen LogP contribution in [0.4, 0.5) is 0 Å². The van der Waals surface area contributed by atoms with E-state index in [4.69, 9.17) is 9.47 Å². The molecule has 8 heteroatoms. The number of nitrogens with zero attached hydrogens (tertiary/aromatic N) is 1. The molecule has 1 aliphatic rings. The van der Waals surface area contributed by atoms with Crippen LogP contribution in [0.15, 0.2) is 18.2 Å². The lowest BCUT2D eigenvalue weighted by Gasteiger charge is -2.33. The summed E-state index contributed by atoms with van der Waals surface area (Å²) in [6, 6.07) is 4.43. The molecular formula is C19H27NO6S. The van der Waals surface area contributed by atoms with Crippen LogP contribution in [0, 0.1) is 6.92 Å². The number of aryl methyl sites for hydroxylation is 1. The summed E-state index contributed by atoms with van der Waals surface area (Å²) in [6.07, 6.45) is 1.10. The fraction of sp³-hybridized carbons (Fsp3) is 0.579. The van der Waals surface area contributed by atoms with E-state index in [0.717, 1.165) is 5.56 Å². The minimum absolute atomic E-state index is 0.0355. The van der Waals surface area contributed by atoms with Crippen LogP contribution in [0.5, 0.6) is 5.75 Å². The van der Waals surface area contributed by atoms with E-state index in [1.165, 1.54) is 7.11 Å². The van der Waals surface area contributed by atoms with E-state index in [2.05, 4.69) is 0 Å². The van der Waals surface area contributed by atoms with Crippen molar-refractivity contribution >= 4 is 21.7 Å². The highest BCUT2D eigenvalue weighted by atomic mass is 32.2. The molecule has 0 aromatic heterocycles. The predicted octanol–water partition coefficient (Wildman–Crippen LogP) is 1.97. The molecule has 27 heavy (non-hydrogen) atoms. The number of benzene rings is 1. The van der Waals surface area contributed by atoms with Crippen LogP contribution in [0.2, 0.25) is 0 Å². The number of amides is 1. The van der Waals surface area contributed by atoms with Gasteiger partial charge in [-0.3, -0.25) is 4.79 Å². The van der Waals surface area contributed by atoms with Gasteiger partial charge in [0.25, 0.3) is 5.91 Å². The Labute approximate surface area is 160 Å². The molecule has 7 nitrogen and oxygen atoms in total. The Morgan fingerprint density at radius 2 is 2.04 bits per heavy atom. The topological polar surface area (TPSA) is 90.0 Å². The molecule has 2 atom stereocenters. The van der Waals surface area contributed by atoms with Crippen LogP contribution in [-0.2, 0) is 19.4 Å². The molecule has 0 spiro atoms. The first-order valence-corrected chi connectivity index (χ1v) is 10.8. The Morgan fingerprint density at radius 1 is 1.33 bits per heavy atom. The van der Waals surface area contributed by atoms with Crippen molar-refractivity contribution in [1.29, 1.82) is 0 Å². The molecule has 150 valence electrons. The van der Waals surface area contributed by atoms with Gasteiger partial charge >= 0.3 is 5.97 Å². The van der Waals surface area contributed by atoms with Gasteiger partial charge in [-0.25, -0.2) is 13.2 Å². The molecule has 0 saturated carbocycles. The number of hydrogen-bond donors (Lipinski definition) is 0. The lowest BCUT2D eigenvalue weighted by atomic mass is 10.1. The van der Waals surface area contributed by atoms with Crippen molar-refractivity contribution in [2.75, 3.05) is 25.2 Å². The average Bonchev–Trinajstić information content (AvgIpc) is 2.99. The summed E-state index contributed by atoms with van der Waals surface area (Å²) in [5.74, 6) is -0.385. The molecule has 0 unspecified atom stereocenters. The van der Waals surface area contributed by atoms with Crippen LogP contribution in [-0.4, -0.2) is 62.5 Å². The molecule has 2 rings (SSSR count). The molecule has 1 aromatic carbocycles. The average molecular weight is 397 g/mol. The number of ether oxygens (including phenoxy) is 2. The number of carbonyl (C=O) groups excluding carboxylic acids is 2. The summed E-state index contributed by atoms with van der Waals surface area (Å²) in [7, 11) is -1.60. The maximum Gasteiger partial charge on any atom is 0.338 e. The smallest absolute Gasteiger partial charge is 0.338 e. The molecule has 1 aromatic rings. The van der Waals surface area contributed by atoms with Crippen molar-refractivity contribution in [3.05, 3.63) is 29.3 Å². The highest BCUT2D eigenvalue weighted by Gasteiger charge is 2.36. The predicted molar refractivity (Wildman–Crippen MR) is 102 cm³/mol. The molecule has 0 radical (unpaired) electrons. The van der Waals surface area contributed by atoms with E-state index in [9.17, 15) is 18.0 Å². The lowest BCUT2D eigenvalue weighted by molar-refractivity contribution is -0.138. The van der Waals surface area contributed by atoms with Crippen molar-refractivity contribution < 1.29 is 27.5 Å². The van der Waals surface area contributed by atoms with Gasteiger partial charge in [-0.2, -0.15) is 0 Å². The van der Waals surface area contributed by atoms with Crippen LogP contribution in [0.3, 0.4) is 0 Å². The van der Waals surface area contributed by atoms with Crippen molar-refractivity contribution in [3.63, 3.8) is 0 Å². The summed E-state index contributed by atoms with van der Waals surface area (Å²) < 4.78 is 33.9. The molecule has 1 amide bonds. The number of hydrogen-bond acceptors (Lipinski definition) is 6. The molecule has 1 fully saturated rings. The van der Waals surface area contributed by atoms with Crippen LogP contribution in [0.1, 0.15) is 42.6 Å². The van der Waals surface area contributed by atoms with Gasteiger partial charge in [0.2, 0.25) is 0 Å². The van der Waals surface area contributed by atoms with Crippen molar-refractivity contribution in [1.82, 2.24) is 4.90 Å². The highest BCUT2D eigenvalue weighted by molar-refractivity contribution is 7.91. The zero-order valence-corrected chi connectivity index (χ0v) is 17.0. The maximum absolute atomic E-state index is 12.7. The zero-order valence-electron chi connectivity index (χ0n) is 16.2. The summed E-state index contributed by atoms with van der Waals surface area (Å²) in [5, 5.41) is 0. The third-order valence-corrected chi connectivity index (χ3v) is 6.68. The van der Waals surface area contributed by atoms with Gasteiger partial charge < -0.3 is 14.4 Å². The minimum atomic E-state index is -3.12. The third kappa shape index (κ3) is 5.22. The normalized spacial score (nSPS) is 19.3. The molecule has 1 saturated heterocycles. The number of carbonyl (C=O) groups is 2. The van der Waals surface area contributed by atoms with E-state index >= 15 is 0 Å². The van der Waals surface area contributed by atoms with Gasteiger partial charge in [0, 0.05) is 12.1 Å². The fourth-order valence-electron chi connectivity index (χ4n) is 3.23. The van der Waals surface area contributed by atoms with E-state index in [0.29, 0.717) is 24.2 Å². The van der Waals surface area contributed by atoms with Crippen molar-refractivity contribution in [2.45, 2.75) is 45.7 Å². The van der Waals surface area contributed by atoms with E-state index in [1.807, 2.05) is 20.8 Å². The Balaban J connectivity index is 2.06. The maximum atomic E-state index is 12.7. The van der Waals surface area contributed by atoms with Crippen molar-refractivity contribution in [3.8, 4) is 5.75 Å². The minimum Gasteiger partial charge on any atom is -0.496 e. The number of sulfone groups is 1. The zero-order chi connectivity index (χ0) is 20.2. The second-order valence-corrected chi connectivity index (χ2v) is 9.10. The second kappa shape index (κ2) is 8.73. The third-order valence-electron chi connectivity index (χ3n) is 4.93. The molecule has 0 aliphatic carbocycles. The number of rotatable bonds is 7. The monoisotopic (exact) mass is 397 g/mol. The molecule has 0 bridgehead atoms. The van der Waals surface area contributed by atoms with E-state index in [-0.39, 0.29) is 29.5 Å². The van der Waals surface area contributed by atoms with Crippen LogP contribution >= 0.6 is 0 Å². The van der Waals surface area contributed by atoms with Gasteiger partial charge in [-0.1, -0.05) is 13.0 Å². The summed E-state index contributed by atoms with van der Waals surface area (Å²) in [4.78, 5) is 26.5. The van der Waals surface area contributed by atoms with E-state index in [1.54, 1.807) is 23.1 Å². The molecule has 1 heterocycles. The summed E-state index contributed by atoms with van der Waals surface area (Å²) in [6.45, 7) is 5.24. The standard InChI is InChI=1S/C19H27NO6S/c1-5-14(3)20(16-8-9-27(23,24)12-16)18(21)11-26-19(22)15-7-6-13(2)17(10-15)25-4/h6-7,10,14,16H,5,8-9,11-12H2,1-4H3/t14-,16-/m0/s1.